The molecule has 0 unspecified atom stereocenters. The van der Waals surface area contributed by atoms with Gasteiger partial charge >= 0.3 is 5.97 Å². The van der Waals surface area contributed by atoms with Gasteiger partial charge in [-0.2, -0.15) is 0 Å². The van der Waals surface area contributed by atoms with Gasteiger partial charge in [0.1, 0.15) is 0 Å². The monoisotopic (exact) mass is 216 g/mol. The fraction of sp³-hybridized carbons (Fsp3) is 0.909. The highest BCUT2D eigenvalue weighted by atomic mass is 16.5. The Labute approximate surface area is 90.2 Å². The average Bonchev–Trinajstić information content (AvgIpc) is 2.09. The number of ether oxygens (including phenoxy) is 1. The summed E-state index contributed by atoms with van der Waals surface area (Å²) < 4.78 is 5.65. The van der Waals surface area contributed by atoms with Gasteiger partial charge in [-0.05, 0) is 33.1 Å². The summed E-state index contributed by atoms with van der Waals surface area (Å²) in [4.78, 5) is 10.7. The second-order valence-corrected chi connectivity index (χ2v) is 4.48. The molecule has 0 heterocycles. The Morgan fingerprint density at radius 2 is 2.13 bits per heavy atom. The molecule has 0 aliphatic heterocycles. The van der Waals surface area contributed by atoms with Gasteiger partial charge in [0.05, 0.1) is 24.7 Å². The largest absolute Gasteiger partial charge is 0.481 e. The molecule has 1 aliphatic rings. The third kappa shape index (κ3) is 3.80. The van der Waals surface area contributed by atoms with Crippen LogP contribution in [0, 0.1) is 5.92 Å². The second-order valence-electron chi connectivity index (χ2n) is 4.48. The standard InChI is InChI=1S/C11H20O4/c1-7(2)15-10-5-3-4-9(12)8(10)6-11(13)14/h7-10,12H,3-6H2,1-2H3,(H,13,14)/t8-,9+,10+/m0/s1. The quantitative estimate of drug-likeness (QED) is 0.745. The molecule has 0 saturated heterocycles. The molecule has 15 heavy (non-hydrogen) atoms. The van der Waals surface area contributed by atoms with E-state index in [1.165, 1.54) is 0 Å². The molecular weight excluding hydrogens is 196 g/mol. The molecule has 1 fully saturated rings. The zero-order valence-corrected chi connectivity index (χ0v) is 9.35. The van der Waals surface area contributed by atoms with Gasteiger partial charge in [0.15, 0.2) is 0 Å². The van der Waals surface area contributed by atoms with Gasteiger partial charge < -0.3 is 14.9 Å². The van der Waals surface area contributed by atoms with Gasteiger partial charge in [-0.15, -0.1) is 0 Å². The summed E-state index contributed by atoms with van der Waals surface area (Å²) in [6.45, 7) is 3.86. The van der Waals surface area contributed by atoms with Gasteiger partial charge in [-0.1, -0.05) is 0 Å². The number of aliphatic hydroxyl groups excluding tert-OH is 1. The molecule has 0 aromatic heterocycles. The molecule has 0 spiro atoms. The highest BCUT2D eigenvalue weighted by Crippen LogP contribution is 2.30. The number of carbonyl (C=O) groups is 1. The third-order valence-corrected chi connectivity index (χ3v) is 2.82. The van der Waals surface area contributed by atoms with Gasteiger partial charge in [-0.25, -0.2) is 0 Å². The molecule has 0 aromatic carbocycles. The van der Waals surface area contributed by atoms with E-state index in [9.17, 15) is 9.90 Å². The van der Waals surface area contributed by atoms with Crippen LogP contribution in [0.25, 0.3) is 0 Å². The Kier molecular flexibility index (Phi) is 4.54. The summed E-state index contributed by atoms with van der Waals surface area (Å²) in [5, 5.41) is 18.5. The summed E-state index contributed by atoms with van der Waals surface area (Å²) in [6, 6.07) is 0. The molecule has 88 valence electrons. The van der Waals surface area contributed by atoms with Crippen LogP contribution in [-0.2, 0) is 9.53 Å². The Morgan fingerprint density at radius 1 is 1.47 bits per heavy atom. The van der Waals surface area contributed by atoms with Crippen LogP contribution in [0.4, 0.5) is 0 Å². The average molecular weight is 216 g/mol. The van der Waals surface area contributed by atoms with Crippen LogP contribution in [-0.4, -0.2) is 34.5 Å². The molecular formula is C11H20O4. The first-order valence-corrected chi connectivity index (χ1v) is 5.56. The van der Waals surface area contributed by atoms with Crippen molar-refractivity contribution in [1.29, 1.82) is 0 Å². The van der Waals surface area contributed by atoms with Gasteiger partial charge in [0, 0.05) is 5.92 Å². The zero-order valence-electron chi connectivity index (χ0n) is 9.35. The maximum absolute atomic E-state index is 10.7. The number of aliphatic hydroxyl groups is 1. The predicted molar refractivity (Wildman–Crippen MR) is 55.6 cm³/mol. The minimum atomic E-state index is -0.863. The van der Waals surface area contributed by atoms with E-state index in [4.69, 9.17) is 9.84 Å². The first-order valence-electron chi connectivity index (χ1n) is 5.56. The maximum atomic E-state index is 10.7. The molecule has 1 rings (SSSR count). The topological polar surface area (TPSA) is 66.8 Å². The Balaban J connectivity index is 2.59. The van der Waals surface area contributed by atoms with E-state index in [1.807, 2.05) is 13.8 Å². The van der Waals surface area contributed by atoms with Crippen molar-refractivity contribution in [3.63, 3.8) is 0 Å². The van der Waals surface area contributed by atoms with Crippen LogP contribution in [0.5, 0.6) is 0 Å². The fourth-order valence-corrected chi connectivity index (χ4v) is 2.19. The molecule has 0 radical (unpaired) electrons. The van der Waals surface area contributed by atoms with Crippen molar-refractivity contribution < 1.29 is 19.7 Å². The number of hydrogen-bond donors (Lipinski definition) is 2. The summed E-state index contributed by atoms with van der Waals surface area (Å²) in [6.07, 6.45) is 1.90. The number of carboxylic acid groups (broad SMARTS) is 1. The van der Waals surface area contributed by atoms with E-state index >= 15 is 0 Å². The lowest BCUT2D eigenvalue weighted by Gasteiger charge is -2.35. The van der Waals surface area contributed by atoms with Crippen molar-refractivity contribution in [2.24, 2.45) is 5.92 Å². The second kappa shape index (κ2) is 5.47. The predicted octanol–water partition coefficient (Wildman–Crippen LogP) is 1.42. The van der Waals surface area contributed by atoms with E-state index in [1.54, 1.807) is 0 Å². The van der Waals surface area contributed by atoms with Crippen molar-refractivity contribution in [3.05, 3.63) is 0 Å². The number of aliphatic carboxylic acids is 1. The molecule has 0 amide bonds. The van der Waals surface area contributed by atoms with Crippen LogP contribution < -0.4 is 0 Å². The molecule has 2 N–H and O–H groups in total. The number of carboxylic acids is 1. The summed E-state index contributed by atoms with van der Waals surface area (Å²) in [5.74, 6) is -1.11. The number of hydrogen-bond acceptors (Lipinski definition) is 3. The van der Waals surface area contributed by atoms with E-state index in [0.29, 0.717) is 6.42 Å². The first kappa shape index (κ1) is 12.5. The van der Waals surface area contributed by atoms with E-state index < -0.39 is 12.1 Å². The van der Waals surface area contributed by atoms with Crippen molar-refractivity contribution in [2.75, 3.05) is 0 Å². The minimum Gasteiger partial charge on any atom is -0.481 e. The summed E-state index contributed by atoms with van der Waals surface area (Å²) >= 11 is 0. The number of rotatable bonds is 4. The molecule has 0 aromatic rings. The SMILES string of the molecule is CC(C)O[C@@H]1CCC[C@@H](O)[C@@H]1CC(=O)O. The smallest absolute Gasteiger partial charge is 0.303 e. The van der Waals surface area contributed by atoms with Gasteiger partial charge in [0.2, 0.25) is 0 Å². The normalized spacial score (nSPS) is 31.9. The van der Waals surface area contributed by atoms with E-state index in [2.05, 4.69) is 0 Å². The molecule has 4 nitrogen and oxygen atoms in total. The summed E-state index contributed by atoms with van der Waals surface area (Å²) in [5.41, 5.74) is 0. The zero-order chi connectivity index (χ0) is 11.4. The Bertz CT molecular complexity index is 215. The van der Waals surface area contributed by atoms with Crippen molar-refractivity contribution in [1.82, 2.24) is 0 Å². The highest BCUT2D eigenvalue weighted by molar-refractivity contribution is 5.67. The lowest BCUT2D eigenvalue weighted by molar-refractivity contribution is -0.145. The minimum absolute atomic E-state index is 0.00144. The Morgan fingerprint density at radius 3 is 2.67 bits per heavy atom. The fourth-order valence-electron chi connectivity index (χ4n) is 2.19. The molecule has 3 atom stereocenters. The van der Waals surface area contributed by atoms with Gasteiger partial charge in [0.25, 0.3) is 0 Å². The lowest BCUT2D eigenvalue weighted by Crippen LogP contribution is -2.40. The van der Waals surface area contributed by atoms with Crippen LogP contribution in [0.2, 0.25) is 0 Å². The van der Waals surface area contributed by atoms with Gasteiger partial charge in [-0.3, -0.25) is 4.79 Å². The van der Waals surface area contributed by atoms with Crippen LogP contribution >= 0.6 is 0 Å². The van der Waals surface area contributed by atoms with E-state index in [-0.39, 0.29) is 24.5 Å². The van der Waals surface area contributed by atoms with Crippen molar-refractivity contribution in [2.45, 2.75) is 57.8 Å². The lowest BCUT2D eigenvalue weighted by atomic mass is 9.81. The van der Waals surface area contributed by atoms with Crippen molar-refractivity contribution >= 4 is 5.97 Å². The van der Waals surface area contributed by atoms with Crippen LogP contribution in [0.3, 0.4) is 0 Å². The summed E-state index contributed by atoms with van der Waals surface area (Å²) in [7, 11) is 0. The first-order chi connectivity index (χ1) is 7.00. The van der Waals surface area contributed by atoms with E-state index in [0.717, 1.165) is 12.8 Å². The van der Waals surface area contributed by atoms with Crippen LogP contribution in [0.1, 0.15) is 39.5 Å². The maximum Gasteiger partial charge on any atom is 0.303 e. The third-order valence-electron chi connectivity index (χ3n) is 2.82. The highest BCUT2D eigenvalue weighted by Gasteiger charge is 2.34. The molecule has 1 aliphatic carbocycles. The van der Waals surface area contributed by atoms with Crippen LogP contribution in [0.15, 0.2) is 0 Å². The molecule has 1 saturated carbocycles. The molecule has 0 bridgehead atoms. The molecule has 4 heteroatoms. The Hall–Kier alpha value is -0.610. The van der Waals surface area contributed by atoms with Crippen molar-refractivity contribution in [3.8, 4) is 0 Å².